The third kappa shape index (κ3) is 5.64. The van der Waals surface area contributed by atoms with E-state index in [1.165, 1.54) is 21.0 Å². The van der Waals surface area contributed by atoms with Crippen molar-refractivity contribution in [1.29, 1.82) is 0 Å². The maximum absolute atomic E-state index is 12.8. The largest absolute Gasteiger partial charge is 0.459 e. The van der Waals surface area contributed by atoms with E-state index in [0.717, 1.165) is 5.57 Å². The monoisotopic (exact) mass is 712 g/mol. The predicted molar refractivity (Wildman–Crippen MR) is 173 cm³/mol. The van der Waals surface area contributed by atoms with E-state index in [2.05, 4.69) is 0 Å². The summed E-state index contributed by atoms with van der Waals surface area (Å²) in [6.07, 6.45) is -7.33. The smallest absolute Gasteiger partial charge is 0.303 e. The van der Waals surface area contributed by atoms with Crippen LogP contribution in [-0.4, -0.2) is 134 Å². The minimum absolute atomic E-state index is 0.0409. The zero-order valence-electron chi connectivity index (χ0n) is 30.1. The Labute approximate surface area is 293 Å². The lowest BCUT2D eigenvalue weighted by Crippen LogP contribution is -2.80. The minimum Gasteiger partial charge on any atom is -0.459 e. The fraction of sp³-hybridized carbons (Fsp3) is 0.889. The lowest BCUT2D eigenvalue weighted by Gasteiger charge is -2.67. The van der Waals surface area contributed by atoms with Gasteiger partial charge in [0, 0.05) is 37.7 Å². The van der Waals surface area contributed by atoms with Crippen molar-refractivity contribution in [3.05, 3.63) is 11.6 Å². The summed E-state index contributed by atoms with van der Waals surface area (Å²) >= 11 is 0. The second-order valence-corrected chi connectivity index (χ2v) is 16.2. The highest BCUT2D eigenvalue weighted by atomic mass is 16.7. The number of aliphatic hydroxyl groups is 6. The molecule has 0 aromatic rings. The van der Waals surface area contributed by atoms with Crippen LogP contribution in [0, 0.1) is 22.7 Å². The van der Waals surface area contributed by atoms with Crippen molar-refractivity contribution in [1.82, 2.24) is 0 Å². The van der Waals surface area contributed by atoms with Gasteiger partial charge in [-0.2, -0.15) is 0 Å². The van der Waals surface area contributed by atoms with Crippen molar-refractivity contribution >= 4 is 11.8 Å². The van der Waals surface area contributed by atoms with Gasteiger partial charge in [0.15, 0.2) is 12.6 Å². The first-order valence-corrected chi connectivity index (χ1v) is 18.0. The van der Waals surface area contributed by atoms with Crippen molar-refractivity contribution in [3.63, 3.8) is 0 Å². The van der Waals surface area contributed by atoms with Crippen LogP contribution in [0.2, 0.25) is 0 Å². The van der Waals surface area contributed by atoms with Crippen LogP contribution in [-0.2, 0) is 38.0 Å². The number of hydrogen-bond donors (Lipinski definition) is 6. The molecule has 3 saturated carbocycles. The molecule has 50 heavy (non-hydrogen) atoms. The molecular formula is C36H56O14. The van der Waals surface area contributed by atoms with Crippen molar-refractivity contribution in [2.75, 3.05) is 7.11 Å². The molecule has 14 nitrogen and oxygen atoms in total. The molecule has 0 aromatic heterocycles. The molecule has 2 heterocycles. The second kappa shape index (κ2) is 13.4. The molecule has 284 valence electrons. The van der Waals surface area contributed by atoms with Crippen LogP contribution in [0.1, 0.15) is 86.5 Å². The van der Waals surface area contributed by atoms with E-state index in [1.807, 2.05) is 13.0 Å². The molecule has 0 bridgehead atoms. The van der Waals surface area contributed by atoms with Crippen LogP contribution >= 0.6 is 0 Å². The molecule has 6 rings (SSSR count). The van der Waals surface area contributed by atoms with Crippen LogP contribution in [0.3, 0.4) is 0 Å². The van der Waals surface area contributed by atoms with E-state index in [0.29, 0.717) is 25.7 Å². The number of hydrogen-bond acceptors (Lipinski definition) is 14. The molecule has 18 atom stereocenters. The minimum atomic E-state index is -1.80. The molecule has 0 aromatic carbocycles. The number of carbonyl (C=O) groups excluding carboxylic acids is 2. The zero-order valence-corrected chi connectivity index (χ0v) is 30.1. The molecule has 0 spiro atoms. The first kappa shape index (κ1) is 38.2. The molecule has 5 fully saturated rings. The van der Waals surface area contributed by atoms with Gasteiger partial charge >= 0.3 is 5.97 Å². The number of rotatable bonds is 7. The van der Waals surface area contributed by atoms with Crippen LogP contribution in [0.15, 0.2) is 11.6 Å². The highest BCUT2D eigenvalue weighted by molar-refractivity contribution is 5.80. The van der Waals surface area contributed by atoms with Crippen molar-refractivity contribution in [2.24, 2.45) is 22.7 Å². The van der Waals surface area contributed by atoms with Crippen molar-refractivity contribution in [2.45, 2.75) is 171 Å². The summed E-state index contributed by atoms with van der Waals surface area (Å²) in [5.41, 5.74) is -4.85. The number of ether oxygens (including phenoxy) is 6. The Balaban J connectivity index is 1.17. The molecule has 2 aliphatic heterocycles. The summed E-state index contributed by atoms with van der Waals surface area (Å²) in [6.45, 7) is 9.65. The van der Waals surface area contributed by atoms with Gasteiger partial charge in [0.05, 0.1) is 30.5 Å². The van der Waals surface area contributed by atoms with Gasteiger partial charge in [-0.3, -0.25) is 9.59 Å². The van der Waals surface area contributed by atoms with E-state index in [9.17, 15) is 40.2 Å². The molecule has 4 aliphatic carbocycles. The number of methoxy groups -OCH3 is 1. The lowest BCUT2D eigenvalue weighted by molar-refractivity contribution is -0.342. The lowest BCUT2D eigenvalue weighted by atomic mass is 9.42. The van der Waals surface area contributed by atoms with E-state index in [1.54, 1.807) is 20.8 Å². The number of fused-ring (bicyclic) bond motifs is 5. The number of Topliss-reactive ketones (excluding diaryl/α,β-unsaturated/α-hetero) is 1. The molecule has 2 saturated heterocycles. The van der Waals surface area contributed by atoms with Crippen LogP contribution in [0.4, 0.5) is 0 Å². The van der Waals surface area contributed by atoms with Crippen molar-refractivity contribution in [3.8, 4) is 0 Å². The van der Waals surface area contributed by atoms with Gasteiger partial charge in [-0.15, -0.1) is 0 Å². The Bertz CT molecular complexity index is 1330. The Hall–Kier alpha value is -1.56. The third-order valence-corrected chi connectivity index (χ3v) is 13.5. The average Bonchev–Trinajstić information content (AvgIpc) is 3.32. The summed E-state index contributed by atoms with van der Waals surface area (Å²) in [5, 5.41) is 69.3. The fourth-order valence-corrected chi connectivity index (χ4v) is 10.9. The number of esters is 1. The summed E-state index contributed by atoms with van der Waals surface area (Å²) < 4.78 is 35.2. The molecule has 0 radical (unpaired) electrons. The second-order valence-electron chi connectivity index (χ2n) is 16.2. The van der Waals surface area contributed by atoms with E-state index < -0.39 is 107 Å². The Kier molecular flexibility index (Phi) is 10.2. The van der Waals surface area contributed by atoms with Crippen LogP contribution in [0.25, 0.3) is 0 Å². The van der Waals surface area contributed by atoms with Gasteiger partial charge in [0.25, 0.3) is 0 Å². The van der Waals surface area contributed by atoms with E-state index >= 15 is 0 Å². The molecule has 0 unspecified atom stereocenters. The van der Waals surface area contributed by atoms with Crippen LogP contribution in [0.5, 0.6) is 0 Å². The van der Waals surface area contributed by atoms with Gasteiger partial charge in [0.1, 0.15) is 47.5 Å². The predicted octanol–water partition coefficient (Wildman–Crippen LogP) is 0.644. The normalized spacial score (nSPS) is 53.4. The number of ketones is 1. The fourth-order valence-electron chi connectivity index (χ4n) is 10.9. The number of aliphatic hydroxyl groups excluding tert-OH is 4. The standard InChI is InChI=1S/C36H56O14/c1-16(37)22-10-13-36(44)34(22,6)31(48-19(4)38)27(42)30-33(5)11-9-21(14-20(33)8-12-35(30,36)43)49-24-15-23(39)28(18(3)46-24)50-32-26(41)29(45-7)25(40)17(2)47-32/h8,17-18,21-32,39-44H,9-15H2,1-7H3/t17-,18-,21+,22-,23-,24+,25-,26-,27+,28-,29-,30-,31-,32+,33+,34+,35+,36+/m1/s1. The highest BCUT2D eigenvalue weighted by Gasteiger charge is 2.79. The number of carbonyl (C=O) groups is 2. The van der Waals surface area contributed by atoms with Gasteiger partial charge in [-0.25, -0.2) is 0 Å². The topological polar surface area (TPSA) is 211 Å². The quantitative estimate of drug-likeness (QED) is 0.158. The summed E-state index contributed by atoms with van der Waals surface area (Å²) in [7, 11) is 1.38. The van der Waals surface area contributed by atoms with E-state index in [-0.39, 0.29) is 31.1 Å². The SMILES string of the molecule is CO[C@H]1[C@@H](O)[C@H](O[C@H]2[C@H](O)C[C@H](O[C@H]3CC[C@@]4(C)C(=CC[C@]5(O)[C@@H]4[C@H](O)[C@@H](OC(C)=O)[C@]4(C)[C@@H](C(C)=O)CC[C@]45O)C3)O[C@@H]2C)O[C@H](C)[C@H]1O. The van der Waals surface area contributed by atoms with E-state index in [4.69, 9.17) is 28.4 Å². The summed E-state index contributed by atoms with van der Waals surface area (Å²) in [5.74, 6) is -2.44. The third-order valence-electron chi connectivity index (χ3n) is 13.5. The molecule has 6 aliphatic rings. The molecule has 0 amide bonds. The van der Waals surface area contributed by atoms with Gasteiger partial charge in [-0.05, 0) is 64.7 Å². The average molecular weight is 713 g/mol. The Morgan fingerprint density at radius 2 is 1.60 bits per heavy atom. The van der Waals surface area contributed by atoms with Crippen molar-refractivity contribution < 1.29 is 68.6 Å². The Morgan fingerprint density at radius 3 is 2.22 bits per heavy atom. The molecule has 14 heteroatoms. The molecular weight excluding hydrogens is 656 g/mol. The first-order chi connectivity index (χ1) is 23.3. The summed E-state index contributed by atoms with van der Waals surface area (Å²) in [6, 6.07) is 0. The first-order valence-electron chi connectivity index (χ1n) is 18.0. The Morgan fingerprint density at radius 1 is 0.900 bits per heavy atom. The van der Waals surface area contributed by atoms with Gasteiger partial charge in [-0.1, -0.05) is 25.5 Å². The zero-order chi connectivity index (χ0) is 36.7. The van der Waals surface area contributed by atoms with Gasteiger partial charge < -0.3 is 59.1 Å². The highest BCUT2D eigenvalue weighted by Crippen LogP contribution is 2.70. The van der Waals surface area contributed by atoms with Crippen LogP contribution < -0.4 is 0 Å². The van der Waals surface area contributed by atoms with Gasteiger partial charge in [0.2, 0.25) is 0 Å². The summed E-state index contributed by atoms with van der Waals surface area (Å²) in [4.78, 5) is 25.2. The maximum Gasteiger partial charge on any atom is 0.303 e. The maximum atomic E-state index is 12.8. The molecule has 6 N–H and O–H groups in total.